The Morgan fingerprint density at radius 1 is 1.25 bits per heavy atom. The lowest BCUT2D eigenvalue weighted by atomic mass is 9.72. The molecule has 0 radical (unpaired) electrons. The van der Waals surface area contributed by atoms with Gasteiger partial charge in [-0.05, 0) is 69.2 Å². The van der Waals surface area contributed by atoms with E-state index in [1.54, 1.807) is 7.11 Å². The summed E-state index contributed by atoms with van der Waals surface area (Å²) in [5.41, 5.74) is 2.71. The van der Waals surface area contributed by atoms with Gasteiger partial charge in [0.15, 0.2) is 0 Å². The molecule has 1 aliphatic carbocycles. The van der Waals surface area contributed by atoms with Gasteiger partial charge in [-0.25, -0.2) is 0 Å². The first-order chi connectivity index (χ1) is 9.63. The largest absolute Gasteiger partial charge is 0.496 e. The maximum absolute atomic E-state index is 5.55. The van der Waals surface area contributed by atoms with Crippen molar-refractivity contribution in [3.63, 3.8) is 0 Å². The van der Waals surface area contributed by atoms with Crippen molar-refractivity contribution in [3.8, 4) is 5.75 Å². The Labute approximate surface area is 123 Å². The van der Waals surface area contributed by atoms with Crippen LogP contribution in [0.2, 0.25) is 0 Å². The van der Waals surface area contributed by atoms with Gasteiger partial charge < -0.3 is 10.1 Å². The third-order valence-corrected chi connectivity index (χ3v) is 4.79. The Balaban J connectivity index is 2.14. The first kappa shape index (κ1) is 15.4. The molecule has 0 bridgehead atoms. The van der Waals surface area contributed by atoms with Crippen molar-refractivity contribution in [2.24, 2.45) is 17.8 Å². The fourth-order valence-corrected chi connectivity index (χ4v) is 3.69. The normalized spacial score (nSPS) is 26.5. The molecule has 0 heterocycles. The summed E-state index contributed by atoms with van der Waals surface area (Å²) in [5.74, 6) is 3.50. The van der Waals surface area contributed by atoms with Gasteiger partial charge in [-0.1, -0.05) is 31.0 Å². The van der Waals surface area contributed by atoms with Crippen LogP contribution in [-0.2, 0) is 6.42 Å². The van der Waals surface area contributed by atoms with Crippen molar-refractivity contribution in [2.75, 3.05) is 20.7 Å². The lowest BCUT2D eigenvalue weighted by molar-refractivity contribution is 0.185. The molecule has 1 aliphatic rings. The van der Waals surface area contributed by atoms with Gasteiger partial charge in [0.1, 0.15) is 5.75 Å². The predicted molar refractivity (Wildman–Crippen MR) is 85.4 cm³/mol. The topological polar surface area (TPSA) is 21.3 Å². The number of ether oxygens (including phenoxy) is 1. The Kier molecular flexibility index (Phi) is 5.47. The zero-order chi connectivity index (χ0) is 14.5. The van der Waals surface area contributed by atoms with Crippen LogP contribution in [0.25, 0.3) is 0 Å². The molecule has 112 valence electrons. The van der Waals surface area contributed by atoms with E-state index in [9.17, 15) is 0 Å². The zero-order valence-corrected chi connectivity index (χ0v) is 13.4. The van der Waals surface area contributed by atoms with Crippen LogP contribution in [0.3, 0.4) is 0 Å². The molecule has 1 aromatic carbocycles. The Bertz CT molecular complexity index is 429. The summed E-state index contributed by atoms with van der Waals surface area (Å²) < 4.78 is 5.55. The third kappa shape index (κ3) is 3.76. The molecule has 2 rings (SSSR count). The monoisotopic (exact) mass is 275 g/mol. The first-order valence-electron chi connectivity index (χ1n) is 7.92. The molecule has 0 aliphatic heterocycles. The van der Waals surface area contributed by atoms with Crippen LogP contribution in [0, 0.1) is 24.7 Å². The lowest BCUT2D eigenvalue weighted by Crippen LogP contribution is -2.32. The predicted octanol–water partition coefficient (Wildman–Crippen LogP) is 3.82. The average molecular weight is 275 g/mol. The highest BCUT2D eigenvalue weighted by atomic mass is 16.5. The molecule has 1 saturated carbocycles. The Morgan fingerprint density at radius 3 is 2.75 bits per heavy atom. The van der Waals surface area contributed by atoms with E-state index in [2.05, 4.69) is 44.4 Å². The molecule has 1 aromatic rings. The number of nitrogens with one attached hydrogen (secondary N) is 1. The van der Waals surface area contributed by atoms with Crippen LogP contribution < -0.4 is 10.1 Å². The second-order valence-electron chi connectivity index (χ2n) is 6.52. The van der Waals surface area contributed by atoms with E-state index >= 15 is 0 Å². The molecule has 2 heteroatoms. The second kappa shape index (κ2) is 7.12. The summed E-state index contributed by atoms with van der Waals surface area (Å²) in [6.07, 6.45) is 5.25. The van der Waals surface area contributed by atoms with E-state index < -0.39 is 0 Å². The van der Waals surface area contributed by atoms with Gasteiger partial charge >= 0.3 is 0 Å². The summed E-state index contributed by atoms with van der Waals surface area (Å²) in [6, 6.07) is 6.55. The van der Waals surface area contributed by atoms with Crippen LogP contribution in [0.4, 0.5) is 0 Å². The van der Waals surface area contributed by atoms with E-state index in [0.717, 1.165) is 36.5 Å². The molecule has 3 atom stereocenters. The molecule has 0 saturated heterocycles. The van der Waals surface area contributed by atoms with E-state index in [1.807, 2.05) is 0 Å². The minimum atomic E-state index is 0.780. The highest BCUT2D eigenvalue weighted by Crippen LogP contribution is 2.37. The van der Waals surface area contributed by atoms with Crippen molar-refractivity contribution >= 4 is 0 Å². The highest BCUT2D eigenvalue weighted by Gasteiger charge is 2.28. The molecular formula is C18H29NO. The van der Waals surface area contributed by atoms with Gasteiger partial charge in [0.25, 0.3) is 0 Å². The number of hydrogen-bond acceptors (Lipinski definition) is 2. The van der Waals surface area contributed by atoms with Crippen LogP contribution in [-0.4, -0.2) is 20.7 Å². The van der Waals surface area contributed by atoms with E-state index in [4.69, 9.17) is 4.74 Å². The van der Waals surface area contributed by atoms with Crippen molar-refractivity contribution < 1.29 is 4.74 Å². The standard InChI is InChI=1S/C18H29NO/c1-13-5-7-15(12-19-3)16(9-13)11-17-10-14(2)6-8-18(17)20-4/h6,8,10,13,15-16,19H,5,7,9,11-12H2,1-4H3. The molecule has 0 aromatic heterocycles. The molecule has 3 unspecified atom stereocenters. The van der Waals surface area contributed by atoms with Gasteiger partial charge in [0.05, 0.1) is 7.11 Å². The SMILES string of the molecule is CNCC1CCC(C)CC1Cc1cc(C)ccc1OC. The first-order valence-corrected chi connectivity index (χ1v) is 7.92. The molecule has 0 amide bonds. The summed E-state index contributed by atoms with van der Waals surface area (Å²) in [6.45, 7) is 5.71. The maximum atomic E-state index is 5.55. The number of rotatable bonds is 5. The van der Waals surface area contributed by atoms with Crippen molar-refractivity contribution in [1.29, 1.82) is 0 Å². The lowest BCUT2D eigenvalue weighted by Gasteiger charge is -2.35. The van der Waals surface area contributed by atoms with Gasteiger partial charge in [-0.15, -0.1) is 0 Å². The van der Waals surface area contributed by atoms with E-state index in [0.29, 0.717) is 0 Å². The molecule has 0 spiro atoms. The fourth-order valence-electron chi connectivity index (χ4n) is 3.69. The average Bonchev–Trinajstić information content (AvgIpc) is 2.42. The van der Waals surface area contributed by atoms with Crippen LogP contribution in [0.5, 0.6) is 5.75 Å². The van der Waals surface area contributed by atoms with Crippen molar-refractivity contribution in [2.45, 2.75) is 39.5 Å². The van der Waals surface area contributed by atoms with Crippen molar-refractivity contribution in [1.82, 2.24) is 5.32 Å². The van der Waals surface area contributed by atoms with E-state index in [1.165, 1.54) is 30.4 Å². The van der Waals surface area contributed by atoms with Gasteiger partial charge in [-0.3, -0.25) is 0 Å². The number of hydrogen-bond donors (Lipinski definition) is 1. The molecule has 2 nitrogen and oxygen atoms in total. The minimum Gasteiger partial charge on any atom is -0.496 e. The van der Waals surface area contributed by atoms with Crippen LogP contribution in [0.15, 0.2) is 18.2 Å². The minimum absolute atomic E-state index is 0.780. The Hall–Kier alpha value is -1.02. The summed E-state index contributed by atoms with van der Waals surface area (Å²) in [4.78, 5) is 0. The Morgan fingerprint density at radius 2 is 2.05 bits per heavy atom. The number of benzene rings is 1. The maximum Gasteiger partial charge on any atom is 0.122 e. The van der Waals surface area contributed by atoms with Crippen LogP contribution in [0.1, 0.15) is 37.3 Å². The molecular weight excluding hydrogens is 246 g/mol. The number of aryl methyl sites for hydroxylation is 1. The highest BCUT2D eigenvalue weighted by molar-refractivity contribution is 5.37. The molecule has 1 N–H and O–H groups in total. The summed E-state index contributed by atoms with van der Waals surface area (Å²) in [7, 11) is 3.85. The van der Waals surface area contributed by atoms with Crippen molar-refractivity contribution in [3.05, 3.63) is 29.3 Å². The molecule has 1 fully saturated rings. The van der Waals surface area contributed by atoms with Gasteiger partial charge in [0, 0.05) is 0 Å². The second-order valence-corrected chi connectivity index (χ2v) is 6.52. The van der Waals surface area contributed by atoms with E-state index in [-0.39, 0.29) is 0 Å². The van der Waals surface area contributed by atoms with Gasteiger partial charge in [0.2, 0.25) is 0 Å². The van der Waals surface area contributed by atoms with Gasteiger partial charge in [-0.2, -0.15) is 0 Å². The zero-order valence-electron chi connectivity index (χ0n) is 13.4. The smallest absolute Gasteiger partial charge is 0.122 e. The summed E-state index contributed by atoms with van der Waals surface area (Å²) in [5, 5.41) is 3.38. The third-order valence-electron chi connectivity index (χ3n) is 4.79. The number of methoxy groups -OCH3 is 1. The quantitative estimate of drug-likeness (QED) is 0.882. The fraction of sp³-hybridized carbons (Fsp3) is 0.667. The molecule has 20 heavy (non-hydrogen) atoms. The van der Waals surface area contributed by atoms with Crippen LogP contribution >= 0.6 is 0 Å². The summed E-state index contributed by atoms with van der Waals surface area (Å²) >= 11 is 0.